The number of methoxy groups -OCH3 is 1. The maximum Gasteiger partial charge on any atom is 0.203 e. The normalized spacial score (nSPS) is 15.6. The van der Waals surface area contributed by atoms with Crippen LogP contribution in [0.5, 0.6) is 0 Å². The summed E-state index contributed by atoms with van der Waals surface area (Å²) in [5.74, 6) is 0. The molecule has 0 saturated carbocycles. The van der Waals surface area contributed by atoms with Gasteiger partial charge in [-0.05, 0) is 0 Å². The van der Waals surface area contributed by atoms with Gasteiger partial charge in [0.05, 0.1) is 6.61 Å². The molecule has 3 nitrogen and oxygen atoms in total. The number of ether oxygens (including phenoxy) is 1. The van der Waals surface area contributed by atoms with Crippen LogP contribution in [0, 0.1) is 0 Å². The third kappa shape index (κ3) is 3.67. The molecule has 0 fully saturated rings. The summed E-state index contributed by atoms with van der Waals surface area (Å²) in [5.41, 5.74) is 0. The SMILES string of the molecule is COCC(Br)(Br)S(=O)O. The van der Waals surface area contributed by atoms with Crippen molar-refractivity contribution in [1.29, 1.82) is 0 Å². The molecule has 0 aromatic rings. The Morgan fingerprint density at radius 1 is 1.78 bits per heavy atom. The smallest absolute Gasteiger partial charge is 0.203 e. The lowest BCUT2D eigenvalue weighted by molar-refractivity contribution is 0.208. The molecule has 0 heterocycles. The molecule has 0 aromatic heterocycles. The topological polar surface area (TPSA) is 46.5 Å². The van der Waals surface area contributed by atoms with E-state index < -0.39 is 13.6 Å². The molecule has 0 rings (SSSR count). The summed E-state index contributed by atoms with van der Waals surface area (Å²) in [6.07, 6.45) is 0. The molecule has 6 heteroatoms. The minimum absolute atomic E-state index is 0.135. The van der Waals surface area contributed by atoms with Gasteiger partial charge in [0.15, 0.2) is 11.1 Å². The van der Waals surface area contributed by atoms with Crippen molar-refractivity contribution in [2.45, 2.75) is 2.57 Å². The summed E-state index contributed by atoms with van der Waals surface area (Å²) in [7, 11) is 1.45. The molecule has 0 aliphatic carbocycles. The van der Waals surface area contributed by atoms with Gasteiger partial charge in [-0.3, -0.25) is 0 Å². The molecule has 1 unspecified atom stereocenters. The van der Waals surface area contributed by atoms with Crippen LogP contribution in [0.4, 0.5) is 0 Å². The average Bonchev–Trinajstić information content (AvgIpc) is 1.65. The van der Waals surface area contributed by atoms with Gasteiger partial charge in [-0.2, -0.15) is 0 Å². The van der Waals surface area contributed by atoms with Crippen LogP contribution in [0.1, 0.15) is 0 Å². The molecule has 1 N–H and O–H groups in total. The van der Waals surface area contributed by atoms with Crippen LogP contribution < -0.4 is 0 Å². The Labute approximate surface area is 72.7 Å². The molecule has 0 aromatic carbocycles. The summed E-state index contributed by atoms with van der Waals surface area (Å²) < 4.78 is 22.5. The number of rotatable bonds is 3. The van der Waals surface area contributed by atoms with Gasteiger partial charge in [0.1, 0.15) is 0 Å². The number of hydrogen-bond donors (Lipinski definition) is 1. The van der Waals surface area contributed by atoms with Crippen molar-refractivity contribution in [3.8, 4) is 0 Å². The lowest BCUT2D eigenvalue weighted by atomic mass is 10.9. The lowest BCUT2D eigenvalue weighted by Crippen LogP contribution is -2.24. The second-order valence-electron chi connectivity index (χ2n) is 1.32. The highest BCUT2D eigenvalue weighted by molar-refractivity contribution is 9.27. The monoisotopic (exact) mass is 280 g/mol. The van der Waals surface area contributed by atoms with E-state index in [0.29, 0.717) is 0 Å². The van der Waals surface area contributed by atoms with Crippen LogP contribution in [-0.2, 0) is 15.8 Å². The average molecular weight is 282 g/mol. The Balaban J connectivity index is 3.85. The highest BCUT2D eigenvalue weighted by Gasteiger charge is 2.29. The van der Waals surface area contributed by atoms with Crippen LogP contribution >= 0.6 is 31.9 Å². The Kier molecular flexibility index (Phi) is 4.48. The minimum atomic E-state index is -1.97. The Hall–Kier alpha value is 1.03. The van der Waals surface area contributed by atoms with Gasteiger partial charge in [-0.15, -0.1) is 0 Å². The molecule has 0 spiro atoms. The predicted molar refractivity (Wildman–Crippen MR) is 43.2 cm³/mol. The highest BCUT2D eigenvalue weighted by Crippen LogP contribution is 2.29. The van der Waals surface area contributed by atoms with E-state index in [1.807, 2.05) is 0 Å². The van der Waals surface area contributed by atoms with E-state index in [1.54, 1.807) is 0 Å². The van der Waals surface area contributed by atoms with Gasteiger partial charge >= 0.3 is 0 Å². The number of halogens is 2. The van der Waals surface area contributed by atoms with Crippen molar-refractivity contribution in [3.63, 3.8) is 0 Å². The second kappa shape index (κ2) is 4.02. The Morgan fingerprint density at radius 3 is 2.33 bits per heavy atom. The first-order valence-corrected chi connectivity index (χ1v) is 4.67. The van der Waals surface area contributed by atoms with E-state index in [0.717, 1.165) is 0 Å². The first-order chi connectivity index (χ1) is 4.00. The van der Waals surface area contributed by atoms with Gasteiger partial charge in [0, 0.05) is 7.11 Å². The standard InChI is InChI=1S/C3H6Br2O3S/c1-8-2-3(4,5)9(6)7/h2H2,1H3,(H,6,7). The summed E-state index contributed by atoms with van der Waals surface area (Å²) >= 11 is 3.93. The van der Waals surface area contributed by atoms with E-state index in [-0.39, 0.29) is 6.61 Å². The molecule has 9 heavy (non-hydrogen) atoms. The second-order valence-corrected chi connectivity index (χ2v) is 7.34. The fraction of sp³-hybridized carbons (Fsp3) is 1.00. The van der Waals surface area contributed by atoms with Crippen molar-refractivity contribution in [3.05, 3.63) is 0 Å². The fourth-order valence-corrected chi connectivity index (χ4v) is 0.895. The van der Waals surface area contributed by atoms with E-state index in [2.05, 4.69) is 36.6 Å². The Bertz CT molecular complexity index is 116. The third-order valence-corrected chi connectivity index (χ3v) is 3.32. The van der Waals surface area contributed by atoms with E-state index in [4.69, 9.17) is 4.55 Å². The minimum Gasteiger partial charge on any atom is -0.381 e. The van der Waals surface area contributed by atoms with Gasteiger partial charge < -0.3 is 9.29 Å². The largest absolute Gasteiger partial charge is 0.381 e. The van der Waals surface area contributed by atoms with Gasteiger partial charge in [-0.1, -0.05) is 31.9 Å². The zero-order valence-corrected chi connectivity index (χ0v) is 8.62. The predicted octanol–water partition coefficient (Wildman–Crippen LogP) is 1.30. The maximum absolute atomic E-state index is 10.3. The van der Waals surface area contributed by atoms with Gasteiger partial charge in [0.25, 0.3) is 0 Å². The number of hydrogen-bond acceptors (Lipinski definition) is 2. The number of alkyl halides is 2. The van der Waals surface area contributed by atoms with Crippen molar-refractivity contribution in [2.24, 2.45) is 0 Å². The zero-order chi connectivity index (χ0) is 7.49. The molecule has 0 aliphatic heterocycles. The van der Waals surface area contributed by atoms with E-state index in [1.165, 1.54) is 7.11 Å². The Morgan fingerprint density at radius 2 is 2.22 bits per heavy atom. The van der Waals surface area contributed by atoms with E-state index in [9.17, 15) is 4.21 Å². The van der Waals surface area contributed by atoms with Crippen LogP contribution in [0.25, 0.3) is 0 Å². The van der Waals surface area contributed by atoms with Crippen LogP contribution in [0.15, 0.2) is 0 Å². The van der Waals surface area contributed by atoms with Crippen molar-refractivity contribution < 1.29 is 13.5 Å². The van der Waals surface area contributed by atoms with Crippen molar-refractivity contribution >= 4 is 42.9 Å². The molecular formula is C3H6Br2O3S. The van der Waals surface area contributed by atoms with Crippen LogP contribution in [-0.4, -0.2) is 25.0 Å². The van der Waals surface area contributed by atoms with Crippen LogP contribution in [0.2, 0.25) is 0 Å². The zero-order valence-electron chi connectivity index (χ0n) is 4.63. The molecular weight excluding hydrogens is 276 g/mol. The molecule has 0 bridgehead atoms. The first kappa shape index (κ1) is 10.0. The molecule has 0 radical (unpaired) electrons. The van der Waals surface area contributed by atoms with E-state index >= 15 is 0 Å². The van der Waals surface area contributed by atoms with Crippen LogP contribution in [0.3, 0.4) is 0 Å². The molecule has 1 atom stereocenters. The quantitative estimate of drug-likeness (QED) is 0.627. The summed E-state index contributed by atoms with van der Waals surface area (Å²) in [5, 5.41) is 0. The van der Waals surface area contributed by atoms with Crippen molar-refractivity contribution in [2.75, 3.05) is 13.7 Å². The summed E-state index contributed by atoms with van der Waals surface area (Å²) in [6, 6.07) is 0. The molecule has 0 aliphatic rings. The molecule has 0 saturated heterocycles. The molecule has 0 amide bonds. The summed E-state index contributed by atoms with van der Waals surface area (Å²) in [6.45, 7) is 0.135. The fourth-order valence-electron chi connectivity index (χ4n) is 0.218. The molecule has 56 valence electrons. The third-order valence-electron chi connectivity index (χ3n) is 0.568. The van der Waals surface area contributed by atoms with Gasteiger partial charge in [0.2, 0.25) is 2.57 Å². The first-order valence-electron chi connectivity index (χ1n) is 1.98. The summed E-state index contributed by atoms with van der Waals surface area (Å²) in [4.78, 5) is 0. The lowest BCUT2D eigenvalue weighted by Gasteiger charge is -2.13. The van der Waals surface area contributed by atoms with Gasteiger partial charge in [-0.25, -0.2) is 4.21 Å². The maximum atomic E-state index is 10.3. The highest BCUT2D eigenvalue weighted by atomic mass is 79.9. The van der Waals surface area contributed by atoms with Crippen molar-refractivity contribution in [1.82, 2.24) is 0 Å².